The van der Waals surface area contributed by atoms with Crippen molar-refractivity contribution in [2.75, 3.05) is 5.50 Å². The van der Waals surface area contributed by atoms with E-state index in [1.165, 1.54) is 0 Å². The van der Waals surface area contributed by atoms with Gasteiger partial charge in [0.2, 0.25) is 0 Å². The van der Waals surface area contributed by atoms with Crippen molar-refractivity contribution in [2.24, 2.45) is 0 Å². The Balaban J connectivity index is 2.75. The molecule has 6 heavy (non-hydrogen) atoms. The second kappa shape index (κ2) is 3.86. The maximum atomic E-state index is 5.41. The van der Waals surface area contributed by atoms with Crippen LogP contribution >= 0.6 is 11.6 Å². The van der Waals surface area contributed by atoms with Gasteiger partial charge in [-0.15, -0.1) is 11.6 Å². The highest BCUT2D eigenvalue weighted by atomic mass is 35.5. The second-order valence-corrected chi connectivity index (χ2v) is 5.94. The SMILES string of the molecule is C[SiH](CCl)O[SiH3]. The molecule has 0 heterocycles. The Bertz CT molecular complexity index is 30.7. The molecule has 0 aliphatic carbocycles. The third-order valence-corrected chi connectivity index (χ3v) is 5.58. The lowest BCUT2D eigenvalue weighted by atomic mass is 11.9. The summed E-state index contributed by atoms with van der Waals surface area (Å²) >= 11 is 5.41. The van der Waals surface area contributed by atoms with Crippen molar-refractivity contribution >= 4 is 31.1 Å². The minimum Gasteiger partial charge on any atom is -0.465 e. The molecule has 0 fully saturated rings. The molecule has 0 saturated heterocycles. The van der Waals surface area contributed by atoms with Crippen LogP contribution in [0.15, 0.2) is 0 Å². The van der Waals surface area contributed by atoms with Crippen LogP contribution in [0.25, 0.3) is 0 Å². The third kappa shape index (κ3) is 2.90. The average Bonchev–Trinajstić information content (AvgIpc) is 1.65. The van der Waals surface area contributed by atoms with Crippen molar-refractivity contribution in [3.8, 4) is 0 Å². The molecule has 0 radical (unpaired) electrons. The van der Waals surface area contributed by atoms with Crippen LogP contribution < -0.4 is 0 Å². The first-order valence-electron chi connectivity index (χ1n) is 1.90. The van der Waals surface area contributed by atoms with E-state index in [-0.39, 0.29) is 0 Å². The highest BCUT2D eigenvalue weighted by Gasteiger charge is 1.93. The number of halogens is 1. The predicted octanol–water partition coefficient (Wildman–Crippen LogP) is -0.585. The Morgan fingerprint density at radius 3 is 2.50 bits per heavy atom. The summed E-state index contributed by atoms with van der Waals surface area (Å²) in [6.45, 7) is 2.10. The maximum Gasteiger partial charge on any atom is 0.174 e. The number of hydrogen-bond donors (Lipinski definition) is 0. The van der Waals surface area contributed by atoms with Crippen LogP contribution in [0.3, 0.4) is 0 Å². The van der Waals surface area contributed by atoms with Crippen molar-refractivity contribution in [3.63, 3.8) is 0 Å². The summed E-state index contributed by atoms with van der Waals surface area (Å²) in [6.07, 6.45) is 0. The average molecular weight is 141 g/mol. The summed E-state index contributed by atoms with van der Waals surface area (Å²) < 4.78 is 5.05. The van der Waals surface area contributed by atoms with E-state index in [4.69, 9.17) is 15.7 Å². The van der Waals surface area contributed by atoms with Gasteiger partial charge in [0.25, 0.3) is 0 Å². The molecular formula is C2H9ClOSi2. The quantitative estimate of drug-likeness (QED) is 0.368. The molecule has 38 valence electrons. The van der Waals surface area contributed by atoms with E-state index in [0.717, 1.165) is 16.0 Å². The summed E-state index contributed by atoms with van der Waals surface area (Å²) in [4.78, 5) is 0. The van der Waals surface area contributed by atoms with Gasteiger partial charge in [-0.1, -0.05) is 0 Å². The molecule has 0 bridgehead atoms. The minimum absolute atomic E-state index is 0.753. The number of rotatable bonds is 2. The van der Waals surface area contributed by atoms with Crippen molar-refractivity contribution in [3.05, 3.63) is 0 Å². The molecule has 4 heteroatoms. The molecule has 0 N–H and O–H groups in total. The minimum atomic E-state index is -0.833. The topological polar surface area (TPSA) is 9.23 Å². The first kappa shape index (κ1) is 6.68. The van der Waals surface area contributed by atoms with Gasteiger partial charge in [-0.05, 0) is 6.55 Å². The molecule has 0 amide bonds. The fourth-order valence-corrected chi connectivity index (χ4v) is 1.70. The zero-order chi connectivity index (χ0) is 4.99. The second-order valence-electron chi connectivity index (χ2n) is 1.20. The lowest BCUT2D eigenvalue weighted by Crippen LogP contribution is -2.12. The predicted molar refractivity (Wildman–Crippen MR) is 34.8 cm³/mol. The number of hydrogen-bond acceptors (Lipinski definition) is 1. The van der Waals surface area contributed by atoms with Gasteiger partial charge in [0.1, 0.15) is 10.5 Å². The Morgan fingerprint density at radius 2 is 2.50 bits per heavy atom. The van der Waals surface area contributed by atoms with Crippen molar-refractivity contribution in [1.82, 2.24) is 0 Å². The van der Waals surface area contributed by atoms with Crippen LogP contribution in [0.5, 0.6) is 0 Å². The summed E-state index contributed by atoms with van der Waals surface area (Å²) in [6, 6.07) is 0. The van der Waals surface area contributed by atoms with Gasteiger partial charge in [0.05, 0.1) is 0 Å². The van der Waals surface area contributed by atoms with Crippen LogP contribution in [-0.2, 0) is 4.12 Å². The molecule has 1 nitrogen and oxygen atoms in total. The van der Waals surface area contributed by atoms with Crippen LogP contribution in [-0.4, -0.2) is 25.0 Å². The van der Waals surface area contributed by atoms with Crippen LogP contribution in [0.4, 0.5) is 0 Å². The van der Waals surface area contributed by atoms with Gasteiger partial charge in [0, 0.05) is 5.50 Å². The molecule has 0 aliphatic rings. The monoisotopic (exact) mass is 140 g/mol. The van der Waals surface area contributed by atoms with Crippen molar-refractivity contribution < 1.29 is 4.12 Å². The fourth-order valence-electron chi connectivity index (χ4n) is 0.0630. The van der Waals surface area contributed by atoms with E-state index >= 15 is 0 Å². The molecular weight excluding hydrogens is 132 g/mol. The van der Waals surface area contributed by atoms with E-state index in [9.17, 15) is 0 Å². The molecule has 0 aromatic carbocycles. The molecule has 1 atom stereocenters. The van der Waals surface area contributed by atoms with Crippen LogP contribution in [0, 0.1) is 0 Å². The highest BCUT2D eigenvalue weighted by molar-refractivity contribution is 6.63. The highest BCUT2D eigenvalue weighted by Crippen LogP contribution is 1.82. The standard InChI is InChI=1S/C2H9ClOSi2/c1-6(2-3)4-5/h6H,2H2,1,5H3. The van der Waals surface area contributed by atoms with Gasteiger partial charge >= 0.3 is 0 Å². The summed E-state index contributed by atoms with van der Waals surface area (Å²) in [5.74, 6) is 0. The molecule has 0 aromatic heterocycles. The Hall–Kier alpha value is 0.684. The Kier molecular flexibility index (Phi) is 4.30. The van der Waals surface area contributed by atoms with Crippen molar-refractivity contribution in [2.45, 2.75) is 6.55 Å². The first-order valence-corrected chi connectivity index (χ1v) is 5.69. The maximum absolute atomic E-state index is 5.41. The smallest absolute Gasteiger partial charge is 0.174 e. The molecule has 0 spiro atoms. The Morgan fingerprint density at radius 1 is 2.00 bits per heavy atom. The normalized spacial score (nSPS) is 15.0. The van der Waals surface area contributed by atoms with Gasteiger partial charge in [-0.25, -0.2) is 0 Å². The van der Waals surface area contributed by atoms with Gasteiger partial charge < -0.3 is 4.12 Å². The van der Waals surface area contributed by atoms with E-state index in [0.29, 0.717) is 0 Å². The molecule has 1 unspecified atom stereocenters. The van der Waals surface area contributed by atoms with E-state index in [1.54, 1.807) is 0 Å². The Labute approximate surface area is 47.9 Å². The van der Waals surface area contributed by atoms with E-state index < -0.39 is 9.04 Å². The van der Waals surface area contributed by atoms with Gasteiger partial charge in [0.15, 0.2) is 9.04 Å². The lowest BCUT2D eigenvalue weighted by molar-refractivity contribution is 0.646. The largest absolute Gasteiger partial charge is 0.465 e. The van der Waals surface area contributed by atoms with Gasteiger partial charge in [-0.2, -0.15) is 0 Å². The van der Waals surface area contributed by atoms with E-state index in [1.807, 2.05) is 0 Å². The molecule has 0 aromatic rings. The van der Waals surface area contributed by atoms with Crippen LogP contribution in [0.2, 0.25) is 6.55 Å². The molecule has 0 aliphatic heterocycles. The summed E-state index contributed by atoms with van der Waals surface area (Å²) in [5.41, 5.74) is 0.753. The van der Waals surface area contributed by atoms with Crippen LogP contribution in [0.1, 0.15) is 0 Å². The van der Waals surface area contributed by atoms with Crippen molar-refractivity contribution in [1.29, 1.82) is 0 Å². The van der Waals surface area contributed by atoms with Gasteiger partial charge in [-0.3, -0.25) is 0 Å². The summed E-state index contributed by atoms with van der Waals surface area (Å²) in [5, 5.41) is 0. The molecule has 0 rings (SSSR count). The first-order chi connectivity index (χ1) is 2.81. The summed E-state index contributed by atoms with van der Waals surface area (Å²) in [7, 11) is 0.0264. The fraction of sp³-hybridized carbons (Fsp3) is 1.00. The zero-order valence-electron chi connectivity index (χ0n) is 4.07. The third-order valence-electron chi connectivity index (χ3n) is 0.620. The molecule has 0 saturated carbocycles. The van der Waals surface area contributed by atoms with E-state index in [2.05, 4.69) is 6.55 Å². The number of alkyl halides is 1. The lowest BCUT2D eigenvalue weighted by Gasteiger charge is -1.98. The zero-order valence-corrected chi connectivity index (χ0v) is 7.98.